The first-order chi connectivity index (χ1) is 15.3. The third kappa shape index (κ3) is 4.05. The summed E-state index contributed by atoms with van der Waals surface area (Å²) in [5.74, 6) is 0.687. The minimum atomic E-state index is -0.411. The number of primary amides is 1. The van der Waals surface area contributed by atoms with Crippen LogP contribution in [0.1, 0.15) is 35.2 Å². The standard InChI is InChI=1S/C22H21ClN6O2S/c1-12-9-25-17(32-12)10-29-19(14-4-3-13(7-15(14)23)8-16(24)30)28-18-20(29)26-11-27-21(18)31-22(2)5-6-22/h3-4,7,9,11H,5-6,8,10H2,1-2H3,(H2,24,30). The topological polar surface area (TPSA) is 109 Å². The van der Waals surface area contributed by atoms with Crippen LogP contribution in [-0.2, 0) is 17.8 Å². The van der Waals surface area contributed by atoms with Crippen molar-refractivity contribution in [3.63, 3.8) is 0 Å². The number of hydrogen-bond acceptors (Lipinski definition) is 7. The average Bonchev–Trinajstić information content (AvgIpc) is 3.14. The number of amides is 1. The van der Waals surface area contributed by atoms with Crippen molar-refractivity contribution >= 4 is 40.0 Å². The summed E-state index contributed by atoms with van der Waals surface area (Å²) in [5, 5.41) is 1.40. The quantitative estimate of drug-likeness (QED) is 0.440. The molecule has 5 rings (SSSR count). The van der Waals surface area contributed by atoms with Gasteiger partial charge in [0.2, 0.25) is 11.8 Å². The summed E-state index contributed by atoms with van der Waals surface area (Å²) in [6.07, 6.45) is 5.43. The van der Waals surface area contributed by atoms with Crippen LogP contribution in [0.15, 0.2) is 30.7 Å². The Bertz CT molecular complexity index is 1340. The van der Waals surface area contributed by atoms with Gasteiger partial charge in [0, 0.05) is 16.6 Å². The third-order valence-electron chi connectivity index (χ3n) is 5.41. The lowest BCUT2D eigenvalue weighted by Gasteiger charge is -2.11. The van der Waals surface area contributed by atoms with E-state index in [1.54, 1.807) is 17.4 Å². The predicted molar refractivity (Wildman–Crippen MR) is 123 cm³/mol. The molecule has 1 amide bonds. The van der Waals surface area contributed by atoms with Crippen molar-refractivity contribution in [1.29, 1.82) is 0 Å². The fourth-order valence-corrected chi connectivity index (χ4v) is 4.58. The lowest BCUT2D eigenvalue weighted by atomic mass is 10.1. The van der Waals surface area contributed by atoms with Gasteiger partial charge >= 0.3 is 0 Å². The van der Waals surface area contributed by atoms with Gasteiger partial charge in [-0.25, -0.2) is 15.0 Å². The molecule has 3 aromatic heterocycles. The van der Waals surface area contributed by atoms with Crippen molar-refractivity contribution in [3.8, 4) is 17.3 Å². The number of benzene rings is 1. The van der Waals surface area contributed by atoms with Gasteiger partial charge in [-0.2, -0.15) is 4.98 Å². The molecule has 10 heteroatoms. The summed E-state index contributed by atoms with van der Waals surface area (Å²) in [5.41, 5.74) is 7.82. The molecule has 1 aliphatic rings. The molecule has 164 valence electrons. The van der Waals surface area contributed by atoms with Crippen molar-refractivity contribution in [2.24, 2.45) is 5.73 Å². The zero-order valence-corrected chi connectivity index (χ0v) is 19.2. The van der Waals surface area contributed by atoms with Crippen LogP contribution < -0.4 is 10.5 Å². The van der Waals surface area contributed by atoms with Crippen molar-refractivity contribution < 1.29 is 9.53 Å². The molecule has 8 nitrogen and oxygen atoms in total. The molecule has 4 aromatic rings. The molecule has 0 unspecified atom stereocenters. The minimum Gasteiger partial charge on any atom is -0.470 e. The van der Waals surface area contributed by atoms with Gasteiger partial charge in [0.1, 0.15) is 22.8 Å². The van der Waals surface area contributed by atoms with Crippen LogP contribution in [0.4, 0.5) is 0 Å². The number of nitrogens with zero attached hydrogens (tertiary/aromatic N) is 5. The Balaban J connectivity index is 1.65. The summed E-state index contributed by atoms with van der Waals surface area (Å²) < 4.78 is 8.13. The van der Waals surface area contributed by atoms with E-state index >= 15 is 0 Å². The van der Waals surface area contributed by atoms with Gasteiger partial charge in [-0.15, -0.1) is 11.3 Å². The second-order valence-electron chi connectivity index (χ2n) is 8.25. The van der Waals surface area contributed by atoms with Gasteiger partial charge in [-0.1, -0.05) is 17.7 Å². The number of thiazole rings is 1. The largest absolute Gasteiger partial charge is 0.470 e. The van der Waals surface area contributed by atoms with E-state index in [1.165, 1.54) is 6.33 Å². The number of aromatic nitrogens is 5. The highest BCUT2D eigenvalue weighted by Gasteiger charge is 2.41. The highest BCUT2D eigenvalue weighted by Crippen LogP contribution is 2.41. The number of nitrogens with two attached hydrogens (primary N) is 1. The van der Waals surface area contributed by atoms with E-state index in [0.29, 0.717) is 34.4 Å². The fourth-order valence-electron chi connectivity index (χ4n) is 3.52. The average molecular weight is 469 g/mol. The molecule has 1 aliphatic carbocycles. The summed E-state index contributed by atoms with van der Waals surface area (Å²) in [7, 11) is 0. The Labute approximate surface area is 193 Å². The molecule has 32 heavy (non-hydrogen) atoms. The maximum absolute atomic E-state index is 11.3. The molecule has 0 bridgehead atoms. The Hall–Kier alpha value is -3.04. The van der Waals surface area contributed by atoms with Crippen molar-refractivity contribution in [2.45, 2.75) is 45.3 Å². The molecule has 0 saturated heterocycles. The molecule has 2 N–H and O–H groups in total. The lowest BCUT2D eigenvalue weighted by molar-refractivity contribution is -0.117. The van der Waals surface area contributed by atoms with Gasteiger partial charge in [-0.3, -0.25) is 4.79 Å². The van der Waals surface area contributed by atoms with Crippen LogP contribution in [0.25, 0.3) is 22.6 Å². The molecule has 1 fully saturated rings. The summed E-state index contributed by atoms with van der Waals surface area (Å²) >= 11 is 8.24. The highest BCUT2D eigenvalue weighted by molar-refractivity contribution is 7.11. The van der Waals surface area contributed by atoms with Gasteiger partial charge in [0.25, 0.3) is 0 Å². The molecule has 0 aliphatic heterocycles. The predicted octanol–water partition coefficient (Wildman–Crippen LogP) is 3.92. The molecule has 0 atom stereocenters. The fraction of sp³-hybridized carbons (Fsp3) is 0.318. The molecule has 0 spiro atoms. The van der Waals surface area contributed by atoms with E-state index in [4.69, 9.17) is 27.1 Å². The molecule has 0 radical (unpaired) electrons. The molecule has 1 aromatic carbocycles. The zero-order chi connectivity index (χ0) is 22.5. The minimum absolute atomic E-state index is 0.122. The van der Waals surface area contributed by atoms with Crippen LogP contribution in [0.5, 0.6) is 5.88 Å². The Morgan fingerprint density at radius 2 is 2.12 bits per heavy atom. The van der Waals surface area contributed by atoms with E-state index in [-0.39, 0.29) is 12.0 Å². The van der Waals surface area contributed by atoms with Crippen LogP contribution in [0.2, 0.25) is 5.02 Å². The van der Waals surface area contributed by atoms with E-state index in [2.05, 4.69) is 21.9 Å². The maximum atomic E-state index is 11.3. The van der Waals surface area contributed by atoms with E-state index in [1.807, 2.05) is 29.8 Å². The number of imidazole rings is 1. The Morgan fingerprint density at radius 3 is 2.78 bits per heavy atom. The van der Waals surface area contributed by atoms with Crippen LogP contribution in [0, 0.1) is 6.92 Å². The Morgan fingerprint density at radius 1 is 1.31 bits per heavy atom. The SMILES string of the molecule is Cc1cnc(Cn2c(-c3ccc(CC(N)=O)cc3Cl)nc3c(OC4(C)CC4)ncnc32)s1. The van der Waals surface area contributed by atoms with Gasteiger partial charge in [-0.05, 0) is 44.4 Å². The number of carbonyl (C=O) groups is 1. The van der Waals surface area contributed by atoms with Crippen LogP contribution in [-0.4, -0.2) is 36.0 Å². The number of rotatable bonds is 7. The molecule has 1 saturated carbocycles. The molecular formula is C22H21ClN6O2S. The number of hydrogen-bond donors (Lipinski definition) is 1. The monoisotopic (exact) mass is 468 g/mol. The second kappa shape index (κ2) is 7.83. The normalized spacial score (nSPS) is 14.6. The van der Waals surface area contributed by atoms with Gasteiger partial charge < -0.3 is 15.0 Å². The Kier molecular flexibility index (Phi) is 5.10. The molecular weight excluding hydrogens is 448 g/mol. The lowest BCUT2D eigenvalue weighted by Crippen LogP contribution is -2.13. The highest BCUT2D eigenvalue weighted by atomic mass is 35.5. The number of ether oxygens (including phenoxy) is 1. The molecule has 3 heterocycles. The second-order valence-corrected chi connectivity index (χ2v) is 9.97. The number of aryl methyl sites for hydroxylation is 1. The van der Waals surface area contributed by atoms with Gasteiger partial charge in [0.05, 0.1) is 18.0 Å². The van der Waals surface area contributed by atoms with Crippen molar-refractivity contribution in [3.05, 3.63) is 51.2 Å². The smallest absolute Gasteiger partial charge is 0.245 e. The van der Waals surface area contributed by atoms with Gasteiger partial charge in [0.15, 0.2) is 11.2 Å². The van der Waals surface area contributed by atoms with Crippen molar-refractivity contribution in [1.82, 2.24) is 24.5 Å². The first-order valence-corrected chi connectivity index (χ1v) is 11.4. The van der Waals surface area contributed by atoms with E-state index < -0.39 is 5.91 Å². The van der Waals surface area contributed by atoms with Crippen LogP contribution in [0.3, 0.4) is 0 Å². The number of halogens is 1. The van der Waals surface area contributed by atoms with Crippen molar-refractivity contribution in [2.75, 3.05) is 0 Å². The first kappa shape index (κ1) is 20.8. The zero-order valence-electron chi connectivity index (χ0n) is 17.6. The summed E-state index contributed by atoms with van der Waals surface area (Å²) in [4.78, 5) is 30.7. The number of fused-ring (bicyclic) bond motifs is 1. The number of carbonyl (C=O) groups excluding carboxylic acids is 1. The summed E-state index contributed by atoms with van der Waals surface area (Å²) in [6.45, 7) is 4.57. The first-order valence-electron chi connectivity index (χ1n) is 10.2. The van der Waals surface area contributed by atoms with E-state index in [9.17, 15) is 4.79 Å². The van der Waals surface area contributed by atoms with Crippen LogP contribution >= 0.6 is 22.9 Å². The maximum Gasteiger partial charge on any atom is 0.245 e. The third-order valence-corrected chi connectivity index (χ3v) is 6.62. The van der Waals surface area contributed by atoms with E-state index in [0.717, 1.165) is 33.9 Å². The summed E-state index contributed by atoms with van der Waals surface area (Å²) in [6, 6.07) is 5.42.